The summed E-state index contributed by atoms with van der Waals surface area (Å²) in [5.41, 5.74) is 0. The average Bonchev–Trinajstić information content (AvgIpc) is 3.14. The lowest BCUT2D eigenvalue weighted by Crippen LogP contribution is -2.65. The lowest BCUT2D eigenvalue weighted by Gasteiger charge is -2.46. The van der Waals surface area contributed by atoms with Crippen molar-refractivity contribution in [2.75, 3.05) is 19.8 Å². The van der Waals surface area contributed by atoms with Gasteiger partial charge in [-0.05, 0) is 32.1 Å². The second kappa shape index (κ2) is 27.1. The summed E-state index contributed by atoms with van der Waals surface area (Å²) < 4.78 is 22.3. The van der Waals surface area contributed by atoms with Crippen molar-refractivity contribution in [3.8, 4) is 0 Å². The number of nitrogens with one attached hydrogen (secondary N) is 1. The van der Waals surface area contributed by atoms with Crippen LogP contribution in [0.2, 0.25) is 0 Å². The third-order valence-electron chi connectivity index (χ3n) is 9.64. The second-order valence-corrected chi connectivity index (χ2v) is 14.1. The SMILES string of the molecule is CCCCCCCCCCCC/C=C/CC/C=C/C(O)C(COC1OC(CO)C(OC2OC(CO)C(O)C(O)C2O)C(O)C1O)NC(=O)CCCC. The van der Waals surface area contributed by atoms with Gasteiger partial charge in [0.25, 0.3) is 0 Å². The lowest BCUT2D eigenvalue weighted by atomic mass is 9.97. The van der Waals surface area contributed by atoms with Gasteiger partial charge in [0.2, 0.25) is 5.91 Å². The number of aliphatic hydroxyl groups excluding tert-OH is 8. The van der Waals surface area contributed by atoms with Crippen LogP contribution in [0.5, 0.6) is 0 Å². The fourth-order valence-corrected chi connectivity index (χ4v) is 6.28. The second-order valence-electron chi connectivity index (χ2n) is 14.1. The Morgan fingerprint density at radius 2 is 1.23 bits per heavy atom. The Morgan fingerprint density at radius 1 is 0.673 bits per heavy atom. The highest BCUT2D eigenvalue weighted by atomic mass is 16.7. The number of aliphatic hydroxyl groups is 8. The zero-order valence-electron chi connectivity index (χ0n) is 31.3. The zero-order valence-corrected chi connectivity index (χ0v) is 31.3. The standard InChI is InChI=1S/C38H69NO13/c1-3-5-7-8-9-10-11-12-13-14-15-16-17-18-19-20-21-27(42)26(39-30(43)22-6-4-2)25-49-37-35(48)33(46)36(29(24-41)51-37)52-38-34(47)32(45)31(44)28(23-40)50-38/h16-17,20-21,26-29,31-38,40-42,44-48H,3-15,18-19,22-25H2,1-2H3,(H,39,43)/b17-16+,21-20+. The molecule has 9 N–H and O–H groups in total. The summed E-state index contributed by atoms with van der Waals surface area (Å²) in [5.74, 6) is -0.288. The molecule has 2 aliphatic heterocycles. The highest BCUT2D eigenvalue weighted by Gasteiger charge is 2.50. The van der Waals surface area contributed by atoms with Crippen LogP contribution in [0.25, 0.3) is 0 Å². The Kier molecular flexibility index (Phi) is 24.3. The van der Waals surface area contributed by atoms with Crippen LogP contribution in [0.15, 0.2) is 24.3 Å². The molecule has 0 spiro atoms. The number of hydrogen-bond donors (Lipinski definition) is 9. The van der Waals surface area contributed by atoms with Crippen LogP contribution >= 0.6 is 0 Å². The van der Waals surface area contributed by atoms with Crippen molar-refractivity contribution >= 4 is 5.91 Å². The lowest BCUT2D eigenvalue weighted by molar-refractivity contribution is -0.359. The average molecular weight is 748 g/mol. The summed E-state index contributed by atoms with van der Waals surface area (Å²) in [4.78, 5) is 12.6. The number of carbonyl (C=O) groups is 1. The molecule has 1 amide bonds. The number of rotatable bonds is 27. The van der Waals surface area contributed by atoms with Gasteiger partial charge in [0, 0.05) is 6.42 Å². The van der Waals surface area contributed by atoms with Crippen LogP contribution in [-0.2, 0) is 23.7 Å². The van der Waals surface area contributed by atoms with Crippen molar-refractivity contribution in [3.05, 3.63) is 24.3 Å². The number of carbonyl (C=O) groups excluding carboxylic acids is 1. The van der Waals surface area contributed by atoms with Gasteiger partial charge in [-0.15, -0.1) is 0 Å². The molecule has 0 saturated carbocycles. The molecule has 2 heterocycles. The molecule has 14 heteroatoms. The van der Waals surface area contributed by atoms with E-state index in [1.807, 2.05) is 13.0 Å². The van der Waals surface area contributed by atoms with Gasteiger partial charge < -0.3 is 65.1 Å². The van der Waals surface area contributed by atoms with Crippen LogP contribution in [0, 0.1) is 0 Å². The summed E-state index contributed by atoms with van der Waals surface area (Å²) in [6, 6.07) is -0.920. The van der Waals surface area contributed by atoms with Crippen LogP contribution in [0.4, 0.5) is 0 Å². The van der Waals surface area contributed by atoms with Crippen molar-refractivity contribution in [1.82, 2.24) is 5.32 Å². The van der Waals surface area contributed by atoms with Gasteiger partial charge in [0.15, 0.2) is 12.6 Å². The highest BCUT2D eigenvalue weighted by molar-refractivity contribution is 5.76. The smallest absolute Gasteiger partial charge is 0.220 e. The maximum Gasteiger partial charge on any atom is 0.220 e. The van der Waals surface area contributed by atoms with Crippen LogP contribution in [0.1, 0.15) is 117 Å². The Hall–Kier alpha value is -1.53. The van der Waals surface area contributed by atoms with E-state index in [1.54, 1.807) is 6.08 Å². The molecule has 2 aliphatic rings. The molecule has 2 rings (SSSR count). The summed E-state index contributed by atoms with van der Waals surface area (Å²) in [6.45, 7) is 2.46. The van der Waals surface area contributed by atoms with E-state index in [9.17, 15) is 45.6 Å². The van der Waals surface area contributed by atoms with E-state index >= 15 is 0 Å². The molecule has 0 aromatic heterocycles. The molecule has 12 atom stereocenters. The van der Waals surface area contributed by atoms with Gasteiger partial charge in [-0.2, -0.15) is 0 Å². The molecule has 0 radical (unpaired) electrons. The predicted octanol–water partition coefficient (Wildman–Crippen LogP) is 1.87. The van der Waals surface area contributed by atoms with E-state index in [-0.39, 0.29) is 18.9 Å². The first-order valence-corrected chi connectivity index (χ1v) is 19.6. The van der Waals surface area contributed by atoms with Gasteiger partial charge in [-0.25, -0.2) is 0 Å². The molecular formula is C38H69NO13. The Bertz CT molecular complexity index is 983. The largest absolute Gasteiger partial charge is 0.394 e. The monoisotopic (exact) mass is 747 g/mol. The summed E-state index contributed by atoms with van der Waals surface area (Å²) in [7, 11) is 0. The van der Waals surface area contributed by atoms with Crippen molar-refractivity contribution in [2.45, 2.75) is 190 Å². The number of allylic oxidation sites excluding steroid dienone is 3. The van der Waals surface area contributed by atoms with E-state index in [0.717, 1.165) is 19.3 Å². The Labute approximate surface area is 309 Å². The van der Waals surface area contributed by atoms with Gasteiger partial charge in [0.05, 0.1) is 32.0 Å². The molecule has 0 aromatic rings. The molecule has 12 unspecified atom stereocenters. The minimum Gasteiger partial charge on any atom is -0.394 e. The van der Waals surface area contributed by atoms with Crippen molar-refractivity contribution in [1.29, 1.82) is 0 Å². The number of amides is 1. The fourth-order valence-electron chi connectivity index (χ4n) is 6.28. The number of ether oxygens (including phenoxy) is 4. The molecule has 2 fully saturated rings. The number of unbranched alkanes of at least 4 members (excludes halogenated alkanes) is 12. The maximum atomic E-state index is 12.6. The topological polar surface area (TPSA) is 228 Å². The minimum atomic E-state index is -1.78. The highest BCUT2D eigenvalue weighted by Crippen LogP contribution is 2.29. The molecular weight excluding hydrogens is 678 g/mol. The Morgan fingerprint density at radius 3 is 1.87 bits per heavy atom. The minimum absolute atomic E-state index is 0.248. The van der Waals surface area contributed by atoms with Gasteiger partial charge in [0.1, 0.15) is 48.8 Å². The quantitative estimate of drug-likeness (QED) is 0.0433. The molecule has 2 saturated heterocycles. The van der Waals surface area contributed by atoms with Gasteiger partial charge >= 0.3 is 0 Å². The van der Waals surface area contributed by atoms with Crippen molar-refractivity contribution < 1.29 is 64.6 Å². The van der Waals surface area contributed by atoms with E-state index < -0.39 is 86.8 Å². The Balaban J connectivity index is 1.86. The molecule has 0 bridgehead atoms. The van der Waals surface area contributed by atoms with Gasteiger partial charge in [-0.3, -0.25) is 4.79 Å². The first-order valence-electron chi connectivity index (χ1n) is 19.6. The first kappa shape index (κ1) is 46.6. The summed E-state index contributed by atoms with van der Waals surface area (Å²) in [6.07, 6.45) is 8.06. The molecule has 14 nitrogen and oxygen atoms in total. The molecule has 0 aliphatic carbocycles. The van der Waals surface area contributed by atoms with Gasteiger partial charge in [-0.1, -0.05) is 102 Å². The van der Waals surface area contributed by atoms with Crippen LogP contribution < -0.4 is 5.32 Å². The molecule has 52 heavy (non-hydrogen) atoms. The van der Waals surface area contributed by atoms with E-state index in [0.29, 0.717) is 12.8 Å². The molecule has 0 aromatic carbocycles. The number of hydrogen-bond acceptors (Lipinski definition) is 13. The maximum absolute atomic E-state index is 12.6. The summed E-state index contributed by atoms with van der Waals surface area (Å²) >= 11 is 0. The van der Waals surface area contributed by atoms with Crippen molar-refractivity contribution in [2.24, 2.45) is 0 Å². The normalized spacial score (nSPS) is 31.0. The predicted molar refractivity (Wildman–Crippen MR) is 194 cm³/mol. The van der Waals surface area contributed by atoms with E-state index in [1.165, 1.54) is 64.2 Å². The van der Waals surface area contributed by atoms with E-state index in [2.05, 4.69) is 24.4 Å². The van der Waals surface area contributed by atoms with Crippen LogP contribution in [-0.4, -0.2) is 140 Å². The summed E-state index contributed by atoms with van der Waals surface area (Å²) in [5, 5.41) is 85.4. The molecule has 304 valence electrons. The third kappa shape index (κ3) is 16.5. The first-order chi connectivity index (χ1) is 25.1. The zero-order chi connectivity index (χ0) is 38.3. The van der Waals surface area contributed by atoms with Crippen molar-refractivity contribution in [3.63, 3.8) is 0 Å². The van der Waals surface area contributed by atoms with E-state index in [4.69, 9.17) is 18.9 Å². The third-order valence-corrected chi connectivity index (χ3v) is 9.64. The van der Waals surface area contributed by atoms with Crippen LogP contribution in [0.3, 0.4) is 0 Å². The fraction of sp³-hybridized carbons (Fsp3) is 0.868.